The van der Waals surface area contributed by atoms with E-state index in [4.69, 9.17) is 9.47 Å². The topological polar surface area (TPSA) is 89.6 Å². The van der Waals surface area contributed by atoms with Gasteiger partial charge < -0.3 is 20.1 Å². The van der Waals surface area contributed by atoms with Crippen LogP contribution in [0.4, 0.5) is 33.5 Å². The quantitative estimate of drug-likeness (QED) is 0.611. The summed E-state index contributed by atoms with van der Waals surface area (Å²) in [5.74, 6) is -7.07. The van der Waals surface area contributed by atoms with Crippen LogP contribution in [0, 0.1) is 17.6 Å². The molecule has 34 heavy (non-hydrogen) atoms. The van der Waals surface area contributed by atoms with Gasteiger partial charge in [0.05, 0.1) is 19.0 Å². The van der Waals surface area contributed by atoms with Gasteiger partial charge in [0.1, 0.15) is 11.9 Å². The van der Waals surface area contributed by atoms with E-state index in [0.29, 0.717) is 0 Å². The Morgan fingerprint density at radius 1 is 1.15 bits per heavy atom. The third kappa shape index (κ3) is 4.54. The maximum absolute atomic E-state index is 14.4. The number of halogens is 5. The van der Waals surface area contributed by atoms with E-state index in [2.05, 4.69) is 15.6 Å². The average molecular weight is 487 g/mol. The summed E-state index contributed by atoms with van der Waals surface area (Å²) >= 11 is 0. The minimum absolute atomic E-state index is 0.118. The van der Waals surface area contributed by atoms with Crippen LogP contribution in [-0.2, 0) is 14.3 Å². The number of anilines is 2. The van der Waals surface area contributed by atoms with Crippen LogP contribution in [0.5, 0.6) is 5.75 Å². The van der Waals surface area contributed by atoms with Crippen LogP contribution in [0.1, 0.15) is 32.3 Å². The molecule has 0 bridgehead atoms. The van der Waals surface area contributed by atoms with Crippen LogP contribution in [0.3, 0.4) is 0 Å². The number of amides is 2. The molecule has 0 aliphatic carbocycles. The number of hydrogen-bond donors (Lipinski definition) is 2. The average Bonchev–Trinajstić information content (AvgIpc) is 3.03. The van der Waals surface area contributed by atoms with E-state index in [0.717, 1.165) is 26.2 Å². The largest absolute Gasteiger partial charge is 0.493 e. The molecule has 1 aromatic carbocycles. The number of aromatic nitrogens is 1. The Morgan fingerprint density at radius 3 is 2.35 bits per heavy atom. The molecule has 0 radical (unpaired) electrons. The zero-order valence-corrected chi connectivity index (χ0v) is 18.6. The van der Waals surface area contributed by atoms with Gasteiger partial charge >= 0.3 is 6.18 Å². The molecule has 2 heterocycles. The zero-order valence-electron chi connectivity index (χ0n) is 18.6. The van der Waals surface area contributed by atoms with Crippen LogP contribution in [0.25, 0.3) is 0 Å². The molecule has 2 N–H and O–H groups in total. The molecule has 4 atom stereocenters. The number of hydrogen-bond acceptors (Lipinski definition) is 5. The van der Waals surface area contributed by atoms with Crippen LogP contribution >= 0.6 is 0 Å². The summed E-state index contributed by atoms with van der Waals surface area (Å²) in [5.41, 5.74) is -2.78. The van der Waals surface area contributed by atoms with Crippen LogP contribution in [0.15, 0.2) is 30.5 Å². The van der Waals surface area contributed by atoms with Crippen molar-refractivity contribution in [2.45, 2.75) is 44.6 Å². The molecule has 12 heteroatoms. The molecule has 2 aromatic rings. The van der Waals surface area contributed by atoms with Crippen molar-refractivity contribution in [1.82, 2.24) is 4.98 Å². The molecule has 184 valence electrons. The van der Waals surface area contributed by atoms with Crippen LogP contribution in [0.2, 0.25) is 0 Å². The predicted molar refractivity (Wildman–Crippen MR) is 111 cm³/mol. The van der Waals surface area contributed by atoms with Gasteiger partial charge in [-0.2, -0.15) is 17.6 Å². The molecule has 1 aliphatic heterocycles. The minimum atomic E-state index is -4.87. The second-order valence-corrected chi connectivity index (χ2v) is 8.04. The Balaban J connectivity index is 2.00. The summed E-state index contributed by atoms with van der Waals surface area (Å²) in [6.45, 7) is 3.30. The molecule has 1 aliphatic rings. The monoisotopic (exact) mass is 487 g/mol. The van der Waals surface area contributed by atoms with Gasteiger partial charge in [-0.15, -0.1) is 0 Å². The molecule has 1 aromatic heterocycles. The standard InChI is InChI=1S/C22H22F5N3O4/c1-10-16(13-6-7-14(23)17(24)18(13)33-4)19(34-21(10,3)22(25,26)27)20(32)30-12-5-8-15(28-9-12)29-11(2)31/h5-10,16,19H,1-4H3,(H,30,32)(H,28,29,31)/t10-,16-,19+,21+/m0/s1. The predicted octanol–water partition coefficient (Wildman–Crippen LogP) is 4.41. The highest BCUT2D eigenvalue weighted by Gasteiger charge is 2.65. The van der Waals surface area contributed by atoms with E-state index in [1.807, 2.05) is 0 Å². The SMILES string of the molecule is COc1c([C@H]2[C@H](C(=O)Nc3ccc(NC(C)=O)nc3)O[C@@](C)(C(F)(F)F)[C@H]2C)ccc(F)c1F. The minimum Gasteiger partial charge on any atom is -0.493 e. The molecule has 1 fully saturated rings. The molecule has 0 unspecified atom stereocenters. The van der Waals surface area contributed by atoms with Gasteiger partial charge in [-0.05, 0) is 25.1 Å². The fraction of sp³-hybridized carbons (Fsp3) is 0.409. The lowest BCUT2D eigenvalue weighted by Crippen LogP contribution is -2.47. The first kappa shape index (κ1) is 25.3. The highest BCUT2D eigenvalue weighted by atomic mass is 19.4. The van der Waals surface area contributed by atoms with Crippen molar-refractivity contribution in [3.05, 3.63) is 47.7 Å². The molecule has 3 rings (SSSR count). The number of benzene rings is 1. The fourth-order valence-electron chi connectivity index (χ4n) is 3.98. The van der Waals surface area contributed by atoms with E-state index < -0.39 is 53.0 Å². The number of nitrogens with one attached hydrogen (secondary N) is 2. The van der Waals surface area contributed by atoms with Crippen LogP contribution < -0.4 is 15.4 Å². The summed E-state index contributed by atoms with van der Waals surface area (Å²) in [5, 5.41) is 4.85. The normalized spacial score (nSPS) is 24.6. The van der Waals surface area contributed by atoms with Gasteiger partial charge in [-0.3, -0.25) is 9.59 Å². The fourth-order valence-corrected chi connectivity index (χ4v) is 3.98. The second kappa shape index (κ2) is 9.16. The van der Waals surface area contributed by atoms with E-state index >= 15 is 0 Å². The first-order valence-corrected chi connectivity index (χ1v) is 10.1. The molecular weight excluding hydrogens is 465 g/mol. The van der Waals surface area contributed by atoms with Crippen molar-refractivity contribution in [3.63, 3.8) is 0 Å². The maximum atomic E-state index is 14.4. The molecule has 0 spiro atoms. The lowest BCUT2D eigenvalue weighted by molar-refractivity contribution is -0.272. The van der Waals surface area contributed by atoms with E-state index in [9.17, 15) is 31.5 Å². The highest BCUT2D eigenvalue weighted by Crippen LogP contribution is 2.55. The Morgan fingerprint density at radius 2 is 1.82 bits per heavy atom. The van der Waals surface area contributed by atoms with Crippen molar-refractivity contribution >= 4 is 23.3 Å². The highest BCUT2D eigenvalue weighted by molar-refractivity contribution is 5.95. The summed E-state index contributed by atoms with van der Waals surface area (Å²) in [7, 11) is 1.04. The zero-order chi connectivity index (χ0) is 25.4. The first-order valence-electron chi connectivity index (χ1n) is 10.1. The molecule has 1 saturated heterocycles. The third-order valence-electron chi connectivity index (χ3n) is 5.91. The number of carbonyl (C=O) groups is 2. The number of pyridine rings is 1. The number of methoxy groups -OCH3 is 1. The summed E-state index contributed by atoms with van der Waals surface area (Å²) in [6.07, 6.45) is -5.40. The Labute approximate surface area is 191 Å². The van der Waals surface area contributed by atoms with Crippen molar-refractivity contribution in [1.29, 1.82) is 0 Å². The van der Waals surface area contributed by atoms with Gasteiger partial charge in [-0.1, -0.05) is 13.0 Å². The van der Waals surface area contributed by atoms with Crippen molar-refractivity contribution in [2.75, 3.05) is 17.7 Å². The van der Waals surface area contributed by atoms with Gasteiger partial charge in [0.2, 0.25) is 11.7 Å². The molecule has 7 nitrogen and oxygen atoms in total. The van der Waals surface area contributed by atoms with Gasteiger partial charge in [-0.25, -0.2) is 9.37 Å². The number of ether oxygens (including phenoxy) is 2. The Bertz CT molecular complexity index is 1090. The van der Waals surface area contributed by atoms with Crippen LogP contribution in [-0.4, -0.2) is 41.8 Å². The van der Waals surface area contributed by atoms with Gasteiger partial charge in [0.25, 0.3) is 5.91 Å². The van der Waals surface area contributed by atoms with Crippen molar-refractivity contribution < 1.29 is 41.0 Å². The smallest absolute Gasteiger partial charge is 0.417 e. The van der Waals surface area contributed by atoms with E-state index in [1.54, 1.807) is 0 Å². The van der Waals surface area contributed by atoms with E-state index in [1.165, 1.54) is 32.2 Å². The first-order chi connectivity index (χ1) is 15.8. The van der Waals surface area contributed by atoms with Gasteiger partial charge in [0.15, 0.2) is 17.2 Å². The maximum Gasteiger partial charge on any atom is 0.417 e. The summed E-state index contributed by atoms with van der Waals surface area (Å²) < 4.78 is 80.2. The molecule has 0 saturated carbocycles. The number of nitrogens with zero attached hydrogens (tertiary/aromatic N) is 1. The summed E-state index contributed by atoms with van der Waals surface area (Å²) in [6, 6.07) is 4.59. The second-order valence-electron chi connectivity index (χ2n) is 8.04. The molecular formula is C22H22F5N3O4. The van der Waals surface area contributed by atoms with Gasteiger partial charge in [0, 0.05) is 24.3 Å². The summed E-state index contributed by atoms with van der Waals surface area (Å²) in [4.78, 5) is 28.1. The van der Waals surface area contributed by atoms with Crippen molar-refractivity contribution in [2.24, 2.45) is 5.92 Å². The Kier molecular flexibility index (Phi) is 6.83. The van der Waals surface area contributed by atoms with Crippen molar-refractivity contribution in [3.8, 4) is 5.75 Å². The number of alkyl halides is 3. The number of rotatable bonds is 5. The number of carbonyl (C=O) groups excluding carboxylic acids is 2. The lowest BCUT2D eigenvalue weighted by Gasteiger charge is -2.32. The van der Waals surface area contributed by atoms with E-state index in [-0.39, 0.29) is 23.0 Å². The lowest BCUT2D eigenvalue weighted by atomic mass is 9.77. The third-order valence-corrected chi connectivity index (χ3v) is 5.91. The Hall–Kier alpha value is -3.28. The molecule has 2 amide bonds.